The van der Waals surface area contributed by atoms with Crippen molar-refractivity contribution in [3.8, 4) is 17.1 Å². The highest BCUT2D eigenvalue weighted by Crippen LogP contribution is 2.31. The van der Waals surface area contributed by atoms with Crippen LogP contribution < -0.4 is 5.32 Å². The van der Waals surface area contributed by atoms with Crippen molar-refractivity contribution in [2.45, 2.75) is 12.8 Å². The highest BCUT2D eigenvalue weighted by atomic mass is 19.1. The number of nitrogens with zero attached hydrogens (tertiary/aromatic N) is 5. The number of carbonyl (C=O) groups excluding carboxylic acids is 1. The van der Waals surface area contributed by atoms with Crippen LogP contribution >= 0.6 is 0 Å². The Labute approximate surface area is 227 Å². The molecule has 1 saturated heterocycles. The predicted molar refractivity (Wildman–Crippen MR) is 151 cm³/mol. The number of aromatic nitrogens is 3. The highest BCUT2D eigenvalue weighted by Gasteiger charge is 2.23. The average Bonchev–Trinajstić information content (AvgIpc) is 3.39. The van der Waals surface area contributed by atoms with Crippen molar-refractivity contribution in [3.05, 3.63) is 102 Å². The molecule has 2 aliphatic heterocycles. The molecule has 6 rings (SSSR count). The van der Waals surface area contributed by atoms with E-state index in [0.29, 0.717) is 12.4 Å². The second-order valence-corrected chi connectivity index (χ2v) is 10.1. The van der Waals surface area contributed by atoms with Crippen LogP contribution in [0.2, 0.25) is 0 Å². The first-order chi connectivity index (χ1) is 19.1. The van der Waals surface area contributed by atoms with E-state index in [9.17, 15) is 9.18 Å². The summed E-state index contributed by atoms with van der Waals surface area (Å²) in [6.45, 7) is 4.95. The van der Waals surface area contributed by atoms with Crippen LogP contribution in [-0.2, 0) is 17.6 Å². The molecule has 0 saturated carbocycles. The van der Waals surface area contributed by atoms with Crippen LogP contribution in [0.15, 0.2) is 78.9 Å². The normalized spacial score (nSPS) is 15.7. The van der Waals surface area contributed by atoms with Gasteiger partial charge in [-0.25, -0.2) is 4.39 Å². The Morgan fingerprint density at radius 1 is 0.897 bits per heavy atom. The van der Waals surface area contributed by atoms with Gasteiger partial charge >= 0.3 is 0 Å². The number of fused-ring (bicyclic) bond motifs is 3. The fraction of sp³-hybridized carbons (Fsp3) is 0.258. The van der Waals surface area contributed by atoms with Gasteiger partial charge in [0.15, 0.2) is 5.82 Å². The maximum Gasteiger partial charge on any atom is 0.238 e. The molecule has 1 aromatic heterocycles. The van der Waals surface area contributed by atoms with E-state index >= 15 is 0 Å². The number of amides is 1. The van der Waals surface area contributed by atoms with Crippen LogP contribution in [0.1, 0.15) is 17.0 Å². The molecule has 0 aliphatic carbocycles. The lowest BCUT2D eigenvalue weighted by molar-refractivity contribution is -0.117. The lowest BCUT2D eigenvalue weighted by Crippen LogP contribution is -2.48. The second kappa shape index (κ2) is 11.3. The monoisotopic (exact) mass is 522 g/mol. The zero-order valence-corrected chi connectivity index (χ0v) is 21.8. The van der Waals surface area contributed by atoms with Gasteiger partial charge in [0.05, 0.1) is 12.2 Å². The molecule has 0 spiro atoms. The van der Waals surface area contributed by atoms with Crippen molar-refractivity contribution in [2.24, 2.45) is 0 Å². The lowest BCUT2D eigenvalue weighted by Gasteiger charge is -2.33. The summed E-state index contributed by atoms with van der Waals surface area (Å²) in [5, 5.41) is 11.8. The van der Waals surface area contributed by atoms with E-state index in [1.807, 2.05) is 41.0 Å². The minimum absolute atomic E-state index is 0.000158. The molecular formula is C31H31FN6O. The number of nitrogens with one attached hydrogen (secondary N) is 1. The Hall–Kier alpha value is -4.14. The highest BCUT2D eigenvalue weighted by molar-refractivity contribution is 5.92. The van der Waals surface area contributed by atoms with E-state index < -0.39 is 0 Å². The van der Waals surface area contributed by atoms with E-state index in [2.05, 4.69) is 49.6 Å². The number of anilines is 1. The third-order valence-corrected chi connectivity index (χ3v) is 7.36. The quantitative estimate of drug-likeness (QED) is 0.389. The number of piperazine rings is 1. The van der Waals surface area contributed by atoms with Crippen LogP contribution in [-0.4, -0.2) is 69.7 Å². The van der Waals surface area contributed by atoms with Gasteiger partial charge < -0.3 is 5.32 Å². The maximum atomic E-state index is 13.4. The first kappa shape index (κ1) is 25.2. The Morgan fingerprint density at radius 2 is 1.67 bits per heavy atom. The molecule has 7 nitrogen and oxygen atoms in total. The third kappa shape index (κ3) is 5.82. The standard InChI is InChI=1S/C31H31FN6O/c32-26-11-8-24(9-12-26)31-35-34-29-15-10-25-21-27(13-14-28(25)38(29)31)33-30(39)22-37-19-17-36(18-20-37)16-4-7-23-5-2-1-3-6-23/h1-9,11-14,21H,10,15-20,22H2,(H,33,39)/b7-4+. The smallest absolute Gasteiger partial charge is 0.238 e. The van der Waals surface area contributed by atoms with Gasteiger partial charge in [0.1, 0.15) is 11.6 Å². The van der Waals surface area contributed by atoms with Gasteiger partial charge in [-0.05, 0) is 60.0 Å². The molecule has 0 unspecified atom stereocenters. The molecule has 198 valence electrons. The number of aryl methyl sites for hydroxylation is 2. The summed E-state index contributed by atoms with van der Waals surface area (Å²) in [5.74, 6) is 1.29. The zero-order chi connectivity index (χ0) is 26.6. The summed E-state index contributed by atoms with van der Waals surface area (Å²) in [4.78, 5) is 17.5. The maximum absolute atomic E-state index is 13.4. The Morgan fingerprint density at radius 3 is 2.46 bits per heavy atom. The average molecular weight is 523 g/mol. The molecule has 2 aliphatic rings. The van der Waals surface area contributed by atoms with E-state index in [1.165, 1.54) is 17.7 Å². The van der Waals surface area contributed by atoms with Gasteiger partial charge in [-0.15, -0.1) is 10.2 Å². The topological polar surface area (TPSA) is 66.3 Å². The van der Waals surface area contributed by atoms with E-state index in [4.69, 9.17) is 0 Å². The molecule has 39 heavy (non-hydrogen) atoms. The fourth-order valence-electron chi connectivity index (χ4n) is 5.28. The van der Waals surface area contributed by atoms with Gasteiger partial charge in [0.25, 0.3) is 0 Å². The number of carbonyl (C=O) groups is 1. The molecule has 0 radical (unpaired) electrons. The predicted octanol–water partition coefficient (Wildman–Crippen LogP) is 4.44. The molecule has 4 aromatic rings. The van der Waals surface area contributed by atoms with Crippen LogP contribution in [0.4, 0.5) is 10.1 Å². The molecule has 3 aromatic carbocycles. The molecule has 0 atom stereocenters. The second-order valence-electron chi connectivity index (χ2n) is 10.1. The van der Waals surface area contributed by atoms with E-state index in [0.717, 1.165) is 73.9 Å². The third-order valence-electron chi connectivity index (χ3n) is 7.36. The van der Waals surface area contributed by atoms with Gasteiger partial charge in [0, 0.05) is 50.4 Å². The Balaban J connectivity index is 1.04. The first-order valence-electron chi connectivity index (χ1n) is 13.4. The van der Waals surface area contributed by atoms with E-state index in [-0.39, 0.29) is 11.7 Å². The minimum atomic E-state index is -0.282. The molecule has 8 heteroatoms. The SMILES string of the molecule is O=C(CN1CCN(C/C=C/c2ccccc2)CC1)Nc1ccc2c(c1)CCc1nnc(-c3ccc(F)cc3)n1-2. The molecule has 1 N–H and O–H groups in total. The summed E-state index contributed by atoms with van der Waals surface area (Å²) in [7, 11) is 0. The molecule has 1 fully saturated rings. The van der Waals surface area contributed by atoms with Crippen molar-refractivity contribution in [2.75, 3.05) is 44.6 Å². The fourth-order valence-corrected chi connectivity index (χ4v) is 5.28. The van der Waals surface area contributed by atoms with Gasteiger partial charge in [-0.3, -0.25) is 19.2 Å². The van der Waals surface area contributed by atoms with Crippen molar-refractivity contribution in [1.82, 2.24) is 24.6 Å². The van der Waals surface area contributed by atoms with Gasteiger partial charge in [0.2, 0.25) is 5.91 Å². The zero-order valence-electron chi connectivity index (χ0n) is 21.8. The van der Waals surface area contributed by atoms with Crippen molar-refractivity contribution in [3.63, 3.8) is 0 Å². The number of hydrogen-bond acceptors (Lipinski definition) is 5. The summed E-state index contributed by atoms with van der Waals surface area (Å²) in [5.41, 5.74) is 4.94. The van der Waals surface area contributed by atoms with Crippen molar-refractivity contribution >= 4 is 17.7 Å². The van der Waals surface area contributed by atoms with Crippen molar-refractivity contribution in [1.29, 1.82) is 0 Å². The minimum Gasteiger partial charge on any atom is -0.325 e. The van der Waals surface area contributed by atoms with Crippen LogP contribution in [0, 0.1) is 5.82 Å². The van der Waals surface area contributed by atoms with Crippen LogP contribution in [0.25, 0.3) is 23.2 Å². The number of benzene rings is 3. The van der Waals surface area contributed by atoms with Crippen LogP contribution in [0.3, 0.4) is 0 Å². The van der Waals surface area contributed by atoms with Gasteiger partial charge in [-0.1, -0.05) is 42.5 Å². The molecule has 1 amide bonds. The summed E-state index contributed by atoms with van der Waals surface area (Å²) >= 11 is 0. The number of hydrogen-bond donors (Lipinski definition) is 1. The molecular weight excluding hydrogens is 491 g/mol. The Kier molecular flexibility index (Phi) is 7.29. The number of rotatable bonds is 7. The molecule has 3 heterocycles. The number of halogens is 1. The first-order valence-corrected chi connectivity index (χ1v) is 13.4. The van der Waals surface area contributed by atoms with Crippen LogP contribution in [0.5, 0.6) is 0 Å². The lowest BCUT2D eigenvalue weighted by atomic mass is 10.0. The summed E-state index contributed by atoms with van der Waals surface area (Å²) in [6.07, 6.45) is 5.94. The van der Waals surface area contributed by atoms with E-state index in [1.54, 1.807) is 12.1 Å². The van der Waals surface area contributed by atoms with Gasteiger partial charge in [-0.2, -0.15) is 0 Å². The van der Waals surface area contributed by atoms with Crippen molar-refractivity contribution < 1.29 is 9.18 Å². The molecule has 0 bridgehead atoms. The largest absolute Gasteiger partial charge is 0.325 e. The summed E-state index contributed by atoms with van der Waals surface area (Å²) < 4.78 is 15.5. The Bertz CT molecular complexity index is 1470. The summed E-state index contributed by atoms with van der Waals surface area (Å²) in [6, 6.07) is 22.6.